The molecule has 0 bridgehead atoms. The Morgan fingerprint density at radius 3 is 2.81 bits per heavy atom. The zero-order valence-corrected chi connectivity index (χ0v) is 17.5. The molecular formula is C19H27BrN6O. The van der Waals surface area contributed by atoms with E-state index < -0.39 is 0 Å². The molecule has 2 aromatic heterocycles. The predicted molar refractivity (Wildman–Crippen MR) is 111 cm³/mol. The standard InChI is InChI=1S/C19H27BrN6O/c1-3-22-19(25-8-6-14(7-9-25)10-18(27)21-2)23-11-16-13-26-12-15(20)4-5-17(26)24-16/h4-5,12-14H,3,6-11H2,1-2H3,(H,21,27)(H,22,23). The van der Waals surface area contributed by atoms with Crippen molar-refractivity contribution in [3.05, 3.63) is 34.7 Å². The number of nitrogens with one attached hydrogen (secondary N) is 2. The van der Waals surface area contributed by atoms with Gasteiger partial charge in [0.05, 0.1) is 12.2 Å². The molecule has 0 saturated carbocycles. The van der Waals surface area contributed by atoms with Crippen molar-refractivity contribution >= 4 is 33.4 Å². The number of fused-ring (bicyclic) bond motifs is 1. The van der Waals surface area contributed by atoms with Gasteiger partial charge in [0.25, 0.3) is 0 Å². The number of nitrogens with zero attached hydrogens (tertiary/aromatic N) is 4. The van der Waals surface area contributed by atoms with Gasteiger partial charge in [-0.05, 0) is 53.7 Å². The molecular weight excluding hydrogens is 408 g/mol. The number of carbonyl (C=O) groups excluding carboxylic acids is 1. The predicted octanol–water partition coefficient (Wildman–Crippen LogP) is 2.41. The molecule has 1 fully saturated rings. The average molecular weight is 435 g/mol. The van der Waals surface area contributed by atoms with Crippen molar-refractivity contribution in [2.45, 2.75) is 32.7 Å². The maximum absolute atomic E-state index is 11.6. The van der Waals surface area contributed by atoms with Crippen molar-refractivity contribution in [3.63, 3.8) is 0 Å². The van der Waals surface area contributed by atoms with Gasteiger partial charge in [0.1, 0.15) is 5.65 Å². The van der Waals surface area contributed by atoms with Crippen LogP contribution in [0.5, 0.6) is 0 Å². The van der Waals surface area contributed by atoms with E-state index in [2.05, 4.69) is 43.4 Å². The van der Waals surface area contributed by atoms with Crippen molar-refractivity contribution in [1.82, 2.24) is 24.9 Å². The summed E-state index contributed by atoms with van der Waals surface area (Å²) in [5, 5.41) is 6.11. The molecule has 0 aliphatic carbocycles. The van der Waals surface area contributed by atoms with E-state index in [1.165, 1.54) is 0 Å². The van der Waals surface area contributed by atoms with Gasteiger partial charge in [-0.25, -0.2) is 9.98 Å². The molecule has 0 radical (unpaired) electrons. The number of amides is 1. The first kappa shape index (κ1) is 19.7. The summed E-state index contributed by atoms with van der Waals surface area (Å²) in [6.45, 7) is 5.29. The Bertz CT molecular complexity index is 810. The highest BCUT2D eigenvalue weighted by molar-refractivity contribution is 9.10. The lowest BCUT2D eigenvalue weighted by Crippen LogP contribution is -2.46. The molecule has 27 heavy (non-hydrogen) atoms. The highest BCUT2D eigenvalue weighted by atomic mass is 79.9. The van der Waals surface area contributed by atoms with Crippen molar-refractivity contribution < 1.29 is 4.79 Å². The average Bonchev–Trinajstić information content (AvgIpc) is 3.07. The van der Waals surface area contributed by atoms with E-state index in [0.29, 0.717) is 18.9 Å². The monoisotopic (exact) mass is 434 g/mol. The van der Waals surface area contributed by atoms with E-state index >= 15 is 0 Å². The molecule has 0 aromatic carbocycles. The Hall–Kier alpha value is -2.09. The Morgan fingerprint density at radius 1 is 1.33 bits per heavy atom. The second-order valence-corrected chi connectivity index (χ2v) is 7.74. The Kier molecular flexibility index (Phi) is 6.71. The number of guanidine groups is 1. The van der Waals surface area contributed by atoms with Crippen LogP contribution in [0.1, 0.15) is 31.9 Å². The molecule has 1 amide bonds. The van der Waals surface area contributed by atoms with Crippen LogP contribution in [-0.4, -0.2) is 52.8 Å². The van der Waals surface area contributed by atoms with E-state index in [4.69, 9.17) is 4.99 Å². The fourth-order valence-electron chi connectivity index (χ4n) is 3.39. The van der Waals surface area contributed by atoms with Crippen LogP contribution in [0.15, 0.2) is 34.0 Å². The summed E-state index contributed by atoms with van der Waals surface area (Å²) >= 11 is 3.48. The summed E-state index contributed by atoms with van der Waals surface area (Å²) in [5.41, 5.74) is 1.86. The largest absolute Gasteiger partial charge is 0.359 e. The van der Waals surface area contributed by atoms with Crippen molar-refractivity contribution in [1.29, 1.82) is 0 Å². The minimum Gasteiger partial charge on any atom is -0.359 e. The Labute approximate surface area is 168 Å². The SMILES string of the molecule is CCNC(=NCc1cn2cc(Br)ccc2n1)N1CCC(CC(=O)NC)CC1. The van der Waals surface area contributed by atoms with Gasteiger partial charge in [-0.3, -0.25) is 4.79 Å². The van der Waals surface area contributed by atoms with E-state index in [1.807, 2.05) is 28.9 Å². The minimum atomic E-state index is 0.132. The van der Waals surface area contributed by atoms with Gasteiger partial charge in [-0.2, -0.15) is 0 Å². The van der Waals surface area contributed by atoms with Crippen LogP contribution in [0.4, 0.5) is 0 Å². The van der Waals surface area contributed by atoms with E-state index in [9.17, 15) is 4.79 Å². The lowest BCUT2D eigenvalue weighted by Gasteiger charge is -2.34. The van der Waals surface area contributed by atoms with E-state index in [1.54, 1.807) is 7.05 Å². The molecule has 1 aliphatic rings. The number of likely N-dealkylation sites (tertiary alicyclic amines) is 1. The number of carbonyl (C=O) groups is 1. The first-order valence-electron chi connectivity index (χ1n) is 9.46. The molecule has 2 N–H and O–H groups in total. The van der Waals surface area contributed by atoms with E-state index in [-0.39, 0.29) is 5.91 Å². The number of pyridine rings is 1. The van der Waals surface area contributed by atoms with Crippen molar-refractivity contribution in [3.8, 4) is 0 Å². The summed E-state index contributed by atoms with van der Waals surface area (Å²) in [6.07, 6.45) is 6.66. The number of aliphatic imine (C=N–C) groups is 1. The molecule has 3 heterocycles. The first-order valence-corrected chi connectivity index (χ1v) is 10.2. The van der Waals surface area contributed by atoms with Gasteiger partial charge in [-0.15, -0.1) is 0 Å². The molecule has 146 valence electrons. The normalized spacial score (nSPS) is 16.0. The van der Waals surface area contributed by atoms with Crippen LogP contribution in [0, 0.1) is 5.92 Å². The fraction of sp³-hybridized carbons (Fsp3) is 0.526. The topological polar surface area (TPSA) is 74.0 Å². The summed E-state index contributed by atoms with van der Waals surface area (Å²) in [7, 11) is 1.70. The smallest absolute Gasteiger partial charge is 0.220 e. The van der Waals surface area contributed by atoms with Crippen LogP contribution in [-0.2, 0) is 11.3 Å². The van der Waals surface area contributed by atoms with Crippen LogP contribution >= 0.6 is 15.9 Å². The van der Waals surface area contributed by atoms with Gasteiger partial charge in [0.2, 0.25) is 5.91 Å². The van der Waals surface area contributed by atoms with Crippen LogP contribution < -0.4 is 10.6 Å². The quantitative estimate of drug-likeness (QED) is 0.559. The lowest BCUT2D eigenvalue weighted by atomic mass is 9.93. The van der Waals surface area contributed by atoms with Gasteiger partial charge in [0.15, 0.2) is 5.96 Å². The molecule has 0 spiro atoms. The molecule has 2 aromatic rings. The molecule has 8 heteroatoms. The molecule has 1 saturated heterocycles. The summed E-state index contributed by atoms with van der Waals surface area (Å²) < 4.78 is 3.03. The summed E-state index contributed by atoms with van der Waals surface area (Å²) in [5.74, 6) is 1.52. The fourth-order valence-corrected chi connectivity index (χ4v) is 3.74. The number of halogens is 1. The first-order chi connectivity index (χ1) is 13.1. The number of rotatable bonds is 5. The molecule has 3 rings (SSSR count). The Balaban J connectivity index is 1.63. The number of piperidine rings is 1. The summed E-state index contributed by atoms with van der Waals surface area (Å²) in [4.78, 5) is 23.3. The highest BCUT2D eigenvalue weighted by Crippen LogP contribution is 2.20. The molecule has 0 unspecified atom stereocenters. The van der Waals surface area contributed by atoms with Crippen LogP contribution in [0.3, 0.4) is 0 Å². The minimum absolute atomic E-state index is 0.132. The number of hydrogen-bond acceptors (Lipinski definition) is 3. The zero-order chi connectivity index (χ0) is 19.2. The van der Waals surface area contributed by atoms with Gasteiger partial charge in [0, 0.05) is 50.0 Å². The Morgan fingerprint density at radius 2 is 2.11 bits per heavy atom. The maximum Gasteiger partial charge on any atom is 0.220 e. The van der Waals surface area contributed by atoms with Gasteiger partial charge in [-0.1, -0.05) is 0 Å². The highest BCUT2D eigenvalue weighted by Gasteiger charge is 2.23. The van der Waals surface area contributed by atoms with Crippen LogP contribution in [0.25, 0.3) is 5.65 Å². The molecule has 1 aliphatic heterocycles. The number of hydrogen-bond donors (Lipinski definition) is 2. The molecule has 0 atom stereocenters. The van der Waals surface area contributed by atoms with E-state index in [0.717, 1.165) is 54.2 Å². The maximum atomic E-state index is 11.6. The lowest BCUT2D eigenvalue weighted by molar-refractivity contribution is -0.121. The zero-order valence-electron chi connectivity index (χ0n) is 15.9. The second kappa shape index (κ2) is 9.21. The molecule has 7 nitrogen and oxygen atoms in total. The van der Waals surface area contributed by atoms with Crippen LogP contribution in [0.2, 0.25) is 0 Å². The third-order valence-electron chi connectivity index (χ3n) is 4.86. The van der Waals surface area contributed by atoms with Crippen molar-refractivity contribution in [2.24, 2.45) is 10.9 Å². The second-order valence-electron chi connectivity index (χ2n) is 6.82. The summed E-state index contributed by atoms with van der Waals surface area (Å²) in [6, 6.07) is 3.97. The number of aromatic nitrogens is 2. The third-order valence-corrected chi connectivity index (χ3v) is 5.33. The number of imidazole rings is 1. The third kappa shape index (κ3) is 5.22. The van der Waals surface area contributed by atoms with Gasteiger partial charge >= 0.3 is 0 Å². The van der Waals surface area contributed by atoms with Gasteiger partial charge < -0.3 is 19.9 Å². The van der Waals surface area contributed by atoms with Crippen molar-refractivity contribution in [2.75, 3.05) is 26.7 Å².